The lowest BCUT2D eigenvalue weighted by atomic mass is 10.1. The van der Waals surface area contributed by atoms with Gasteiger partial charge in [-0.25, -0.2) is 4.79 Å². The van der Waals surface area contributed by atoms with E-state index in [0.29, 0.717) is 12.0 Å². The molecule has 0 bridgehead atoms. The summed E-state index contributed by atoms with van der Waals surface area (Å²) in [5.74, 6) is 0. The van der Waals surface area contributed by atoms with Gasteiger partial charge in [-0.2, -0.15) is 0 Å². The second-order valence-electron chi connectivity index (χ2n) is 4.39. The molecule has 2 rings (SSSR count). The Balaban J connectivity index is 2.56. The van der Waals surface area contributed by atoms with Crippen LogP contribution in [0.5, 0.6) is 0 Å². The number of nitro benzene ring substituents is 1. The van der Waals surface area contributed by atoms with Crippen LogP contribution in [0.3, 0.4) is 0 Å². The number of H-pyrrole nitrogens is 1. The van der Waals surface area contributed by atoms with Gasteiger partial charge in [0.05, 0.1) is 22.1 Å². The molecule has 8 heteroatoms. The van der Waals surface area contributed by atoms with Crippen LogP contribution in [0.15, 0.2) is 34.0 Å². The van der Waals surface area contributed by atoms with Gasteiger partial charge in [0.2, 0.25) is 0 Å². The van der Waals surface area contributed by atoms with E-state index in [2.05, 4.69) is 4.98 Å². The van der Waals surface area contributed by atoms with E-state index in [4.69, 9.17) is 11.6 Å². The van der Waals surface area contributed by atoms with Crippen LogP contribution in [-0.4, -0.2) is 14.5 Å². The first-order valence-corrected chi connectivity index (χ1v) is 6.56. The molecule has 0 aliphatic rings. The zero-order valence-corrected chi connectivity index (χ0v) is 11.9. The van der Waals surface area contributed by atoms with Crippen molar-refractivity contribution in [3.05, 3.63) is 71.5 Å². The van der Waals surface area contributed by atoms with Crippen LogP contribution < -0.4 is 11.2 Å². The van der Waals surface area contributed by atoms with Gasteiger partial charge in [-0.05, 0) is 12.5 Å². The Morgan fingerprint density at radius 3 is 2.71 bits per heavy atom. The van der Waals surface area contributed by atoms with Crippen LogP contribution >= 0.6 is 11.6 Å². The highest BCUT2D eigenvalue weighted by Crippen LogP contribution is 2.26. The van der Waals surface area contributed by atoms with Crippen molar-refractivity contribution in [3.8, 4) is 0 Å². The number of nitrogens with zero attached hydrogens (tertiary/aromatic N) is 2. The number of halogens is 1. The van der Waals surface area contributed by atoms with Crippen LogP contribution in [0.1, 0.15) is 18.1 Å². The number of rotatable bonds is 4. The number of aryl methyl sites for hydroxylation is 1. The molecule has 2 aromatic rings. The van der Waals surface area contributed by atoms with E-state index in [9.17, 15) is 19.7 Å². The molecule has 0 amide bonds. The Hall–Kier alpha value is -2.41. The molecule has 110 valence electrons. The van der Waals surface area contributed by atoms with E-state index in [1.165, 1.54) is 29.0 Å². The van der Waals surface area contributed by atoms with Crippen molar-refractivity contribution in [1.29, 1.82) is 0 Å². The molecule has 0 spiro atoms. The number of aromatic amines is 1. The van der Waals surface area contributed by atoms with E-state index < -0.39 is 16.2 Å². The molecule has 0 fully saturated rings. The predicted octanol–water partition coefficient (Wildman–Crippen LogP) is 1.71. The highest BCUT2D eigenvalue weighted by atomic mass is 35.5. The molecule has 0 atom stereocenters. The van der Waals surface area contributed by atoms with Crippen LogP contribution in [0.25, 0.3) is 0 Å². The van der Waals surface area contributed by atoms with E-state index in [1.807, 2.05) is 0 Å². The molecule has 0 unspecified atom stereocenters. The Labute approximate surface area is 124 Å². The normalized spacial score (nSPS) is 10.6. The summed E-state index contributed by atoms with van der Waals surface area (Å²) in [7, 11) is 0. The summed E-state index contributed by atoms with van der Waals surface area (Å²) < 4.78 is 1.20. The maximum absolute atomic E-state index is 11.8. The zero-order valence-electron chi connectivity index (χ0n) is 11.1. The summed E-state index contributed by atoms with van der Waals surface area (Å²) >= 11 is 5.99. The maximum Gasteiger partial charge on any atom is 0.328 e. The SMILES string of the molecule is CCc1cn(Cc2c(Cl)cccc2[N+](=O)[O-])c(=O)[nH]c1=O. The van der Waals surface area contributed by atoms with Crippen molar-refractivity contribution in [2.75, 3.05) is 0 Å². The number of nitrogens with one attached hydrogen (secondary N) is 1. The van der Waals surface area contributed by atoms with Crippen molar-refractivity contribution in [2.24, 2.45) is 0 Å². The summed E-state index contributed by atoms with van der Waals surface area (Å²) in [5.41, 5.74) is -0.609. The fourth-order valence-corrected chi connectivity index (χ4v) is 2.20. The minimum Gasteiger partial charge on any atom is -0.296 e. The second-order valence-corrected chi connectivity index (χ2v) is 4.80. The summed E-state index contributed by atoms with van der Waals surface area (Å²) in [6, 6.07) is 4.30. The van der Waals surface area contributed by atoms with Gasteiger partial charge < -0.3 is 0 Å². The van der Waals surface area contributed by atoms with Crippen LogP contribution in [0, 0.1) is 10.1 Å². The quantitative estimate of drug-likeness (QED) is 0.686. The van der Waals surface area contributed by atoms with Gasteiger partial charge >= 0.3 is 5.69 Å². The molecule has 7 nitrogen and oxygen atoms in total. The Morgan fingerprint density at radius 2 is 2.10 bits per heavy atom. The van der Waals surface area contributed by atoms with Gasteiger partial charge in [0.15, 0.2) is 0 Å². The molecule has 1 aromatic carbocycles. The van der Waals surface area contributed by atoms with Gasteiger partial charge in [0.1, 0.15) is 0 Å². The third-order valence-corrected chi connectivity index (χ3v) is 3.44. The van der Waals surface area contributed by atoms with Gasteiger partial charge in [-0.15, -0.1) is 0 Å². The van der Waals surface area contributed by atoms with Crippen LogP contribution in [0.4, 0.5) is 5.69 Å². The third-order valence-electron chi connectivity index (χ3n) is 3.08. The first kappa shape index (κ1) is 15.0. The number of aromatic nitrogens is 2. The molecule has 0 saturated carbocycles. The summed E-state index contributed by atoms with van der Waals surface area (Å²) in [6.45, 7) is 1.69. The van der Waals surface area contributed by atoms with Crippen molar-refractivity contribution in [2.45, 2.75) is 19.9 Å². The monoisotopic (exact) mass is 309 g/mol. The average Bonchev–Trinajstić information content (AvgIpc) is 2.43. The van der Waals surface area contributed by atoms with Crippen molar-refractivity contribution >= 4 is 17.3 Å². The maximum atomic E-state index is 11.8. The van der Waals surface area contributed by atoms with Crippen molar-refractivity contribution in [1.82, 2.24) is 9.55 Å². The first-order chi connectivity index (χ1) is 9.93. The Kier molecular flexibility index (Phi) is 4.23. The number of hydrogen-bond acceptors (Lipinski definition) is 4. The van der Waals surface area contributed by atoms with E-state index in [-0.39, 0.29) is 22.8 Å². The number of benzene rings is 1. The summed E-state index contributed by atoms with van der Waals surface area (Å²) in [6.07, 6.45) is 1.84. The number of hydrogen-bond donors (Lipinski definition) is 1. The number of nitro groups is 1. The predicted molar refractivity (Wildman–Crippen MR) is 77.9 cm³/mol. The molecular formula is C13H12ClN3O4. The lowest BCUT2D eigenvalue weighted by Gasteiger charge is -2.09. The minimum atomic E-state index is -0.633. The summed E-state index contributed by atoms with van der Waals surface area (Å²) in [5, 5.41) is 11.2. The van der Waals surface area contributed by atoms with Crippen molar-refractivity contribution < 1.29 is 4.92 Å². The Morgan fingerprint density at radius 1 is 1.38 bits per heavy atom. The zero-order chi connectivity index (χ0) is 15.6. The van der Waals surface area contributed by atoms with E-state index in [1.54, 1.807) is 6.92 Å². The standard InChI is InChI=1S/C13H12ClN3O4/c1-2-8-6-16(13(19)15-12(8)18)7-9-10(14)4-3-5-11(9)17(20)21/h3-6H,2,7H2,1H3,(H,15,18,19). The third kappa shape index (κ3) is 3.03. The fourth-order valence-electron chi connectivity index (χ4n) is 1.97. The van der Waals surface area contributed by atoms with Crippen LogP contribution in [-0.2, 0) is 13.0 Å². The molecule has 0 saturated heterocycles. The highest BCUT2D eigenvalue weighted by molar-refractivity contribution is 6.31. The molecule has 0 radical (unpaired) electrons. The van der Waals surface area contributed by atoms with Gasteiger partial charge in [-0.1, -0.05) is 24.6 Å². The van der Waals surface area contributed by atoms with E-state index >= 15 is 0 Å². The van der Waals surface area contributed by atoms with Crippen molar-refractivity contribution in [3.63, 3.8) is 0 Å². The lowest BCUT2D eigenvalue weighted by Crippen LogP contribution is -2.32. The summed E-state index contributed by atoms with van der Waals surface area (Å²) in [4.78, 5) is 36.0. The average molecular weight is 310 g/mol. The first-order valence-electron chi connectivity index (χ1n) is 6.18. The van der Waals surface area contributed by atoms with Crippen LogP contribution in [0.2, 0.25) is 5.02 Å². The topological polar surface area (TPSA) is 98.0 Å². The van der Waals surface area contributed by atoms with Gasteiger partial charge in [-0.3, -0.25) is 24.5 Å². The smallest absolute Gasteiger partial charge is 0.296 e. The van der Waals surface area contributed by atoms with E-state index in [0.717, 1.165) is 0 Å². The molecule has 1 heterocycles. The molecule has 1 N–H and O–H groups in total. The molecule has 1 aromatic heterocycles. The minimum absolute atomic E-state index is 0.0847. The molecule has 21 heavy (non-hydrogen) atoms. The second kappa shape index (κ2) is 5.92. The van der Waals surface area contributed by atoms with Gasteiger partial charge in [0.25, 0.3) is 11.2 Å². The lowest BCUT2D eigenvalue weighted by molar-refractivity contribution is -0.385. The molecule has 0 aliphatic carbocycles. The fraction of sp³-hybridized carbons (Fsp3) is 0.231. The largest absolute Gasteiger partial charge is 0.328 e. The highest BCUT2D eigenvalue weighted by Gasteiger charge is 2.17. The molecule has 0 aliphatic heterocycles. The Bertz CT molecular complexity index is 810. The molecular weight excluding hydrogens is 298 g/mol. The van der Waals surface area contributed by atoms with Gasteiger partial charge in [0, 0.05) is 17.8 Å².